The van der Waals surface area contributed by atoms with Gasteiger partial charge in [0.15, 0.2) is 0 Å². The van der Waals surface area contributed by atoms with E-state index in [1.807, 2.05) is 0 Å². The molecule has 0 bridgehead atoms. The second-order valence-electron chi connectivity index (χ2n) is 24.1. The Balaban J connectivity index is 1.30. The van der Waals surface area contributed by atoms with Crippen LogP contribution in [0.1, 0.15) is 141 Å². The molecule has 5 aromatic rings. The first-order valence-electron chi connectivity index (χ1n) is 23.5. The third-order valence-corrected chi connectivity index (χ3v) is 17.9. The summed E-state index contributed by atoms with van der Waals surface area (Å²) in [6.07, 6.45) is 10.5. The van der Waals surface area contributed by atoms with Crippen LogP contribution in [0, 0.1) is 49.9 Å². The molecule has 3 aliphatic heterocycles. The van der Waals surface area contributed by atoms with E-state index in [-0.39, 0.29) is 39.2 Å². The van der Waals surface area contributed by atoms with Gasteiger partial charge in [0.25, 0.3) is 6.71 Å². The van der Waals surface area contributed by atoms with Crippen LogP contribution in [0.3, 0.4) is 0 Å². The molecule has 6 aliphatic rings. The van der Waals surface area contributed by atoms with Crippen molar-refractivity contribution < 1.29 is 0 Å². The second-order valence-corrected chi connectivity index (χ2v) is 24.1. The van der Waals surface area contributed by atoms with Crippen molar-refractivity contribution in [3.05, 3.63) is 129 Å². The molecular weight excluding hydrogens is 735 g/mol. The zero-order valence-electron chi connectivity index (χ0n) is 39.9. The highest BCUT2D eigenvalue weighted by molar-refractivity contribution is 7.01. The van der Waals surface area contributed by atoms with E-state index in [4.69, 9.17) is 0 Å². The lowest BCUT2D eigenvalue weighted by molar-refractivity contribution is -0.0410. The summed E-state index contributed by atoms with van der Waals surface area (Å²) < 4.78 is 0. The molecule has 312 valence electrons. The van der Waals surface area contributed by atoms with Gasteiger partial charge in [-0.05, 0) is 171 Å². The molecule has 3 heteroatoms. The predicted octanol–water partition coefficient (Wildman–Crippen LogP) is 13.8. The van der Waals surface area contributed by atoms with Crippen molar-refractivity contribution in [1.29, 1.82) is 0 Å². The minimum atomic E-state index is -0.0871. The smallest absolute Gasteiger partial charge is 0.252 e. The van der Waals surface area contributed by atoms with E-state index in [2.05, 4.69) is 193 Å². The van der Waals surface area contributed by atoms with Gasteiger partial charge in [-0.1, -0.05) is 142 Å². The molecule has 2 nitrogen and oxygen atoms in total. The van der Waals surface area contributed by atoms with Crippen molar-refractivity contribution in [2.45, 2.75) is 146 Å². The zero-order chi connectivity index (χ0) is 43.3. The van der Waals surface area contributed by atoms with Crippen molar-refractivity contribution in [3.63, 3.8) is 0 Å². The SMILES string of the molecule is Cc1cc2c3c(c1)N(c1c(C)cc(C(C)(C)C)cc1C)c1ccc4ccc(C)cc4c1B3c1ccc3c4c1N2C1=CC2C(C)(C)CCC(C)(C)C2(C)C=C1C4(C)CCC3(C)C. The third kappa shape index (κ3) is 4.99. The predicted molar refractivity (Wildman–Crippen MR) is 264 cm³/mol. The number of aryl methyl sites for hydroxylation is 4. The molecule has 61 heavy (non-hydrogen) atoms. The van der Waals surface area contributed by atoms with Gasteiger partial charge < -0.3 is 9.80 Å². The Labute approximate surface area is 367 Å². The molecular formula is C58H67BN2. The topological polar surface area (TPSA) is 6.48 Å². The van der Waals surface area contributed by atoms with Crippen LogP contribution in [-0.2, 0) is 16.2 Å². The van der Waals surface area contributed by atoms with Crippen LogP contribution >= 0.6 is 0 Å². The molecule has 0 N–H and O–H groups in total. The second kappa shape index (κ2) is 11.9. The number of hydrogen-bond acceptors (Lipinski definition) is 2. The van der Waals surface area contributed by atoms with Gasteiger partial charge in [0.1, 0.15) is 0 Å². The summed E-state index contributed by atoms with van der Waals surface area (Å²) in [7, 11) is 0. The molecule has 1 fully saturated rings. The molecule has 0 aromatic heterocycles. The summed E-state index contributed by atoms with van der Waals surface area (Å²) in [6, 6.07) is 27.1. The fourth-order valence-corrected chi connectivity index (χ4v) is 13.8. The Morgan fingerprint density at radius 3 is 2.00 bits per heavy atom. The average Bonchev–Trinajstić information content (AvgIpc) is 3.17. The number of anilines is 5. The fourth-order valence-electron chi connectivity index (χ4n) is 13.8. The highest BCUT2D eigenvalue weighted by atomic mass is 15.2. The number of nitrogens with zero attached hydrogens (tertiary/aromatic N) is 2. The van der Waals surface area contributed by atoms with Gasteiger partial charge >= 0.3 is 0 Å². The maximum Gasteiger partial charge on any atom is 0.252 e. The van der Waals surface area contributed by atoms with Crippen molar-refractivity contribution in [2.75, 3.05) is 9.80 Å². The molecule has 0 amide bonds. The van der Waals surface area contributed by atoms with Gasteiger partial charge in [0.05, 0.1) is 5.69 Å². The summed E-state index contributed by atoms with van der Waals surface area (Å²) in [4.78, 5) is 5.53. The average molecular weight is 803 g/mol. The Morgan fingerprint density at radius 1 is 0.639 bits per heavy atom. The number of fused-ring (bicyclic) bond motifs is 10. The number of hydrogen-bond donors (Lipinski definition) is 0. The maximum atomic E-state index is 2.86. The van der Waals surface area contributed by atoms with Crippen LogP contribution in [0.25, 0.3) is 10.8 Å². The summed E-state index contributed by atoms with van der Waals surface area (Å²) in [5, 5.41) is 2.70. The quantitative estimate of drug-likeness (QED) is 0.153. The fraction of sp³-hybridized carbons (Fsp3) is 0.448. The largest absolute Gasteiger partial charge is 0.311 e. The molecule has 3 unspecified atom stereocenters. The van der Waals surface area contributed by atoms with Crippen molar-refractivity contribution in [1.82, 2.24) is 0 Å². The molecule has 0 saturated heterocycles. The van der Waals surface area contributed by atoms with E-state index < -0.39 is 0 Å². The van der Waals surface area contributed by atoms with E-state index in [0.29, 0.717) is 5.92 Å². The monoisotopic (exact) mass is 803 g/mol. The van der Waals surface area contributed by atoms with Crippen LogP contribution < -0.4 is 26.2 Å². The highest BCUT2D eigenvalue weighted by Crippen LogP contribution is 2.68. The summed E-state index contributed by atoms with van der Waals surface area (Å²) in [5.74, 6) is 0.424. The molecule has 5 aromatic carbocycles. The van der Waals surface area contributed by atoms with Gasteiger partial charge in [-0.25, -0.2) is 0 Å². The van der Waals surface area contributed by atoms with Crippen LogP contribution in [0.5, 0.6) is 0 Å². The van der Waals surface area contributed by atoms with Crippen LogP contribution in [0.2, 0.25) is 0 Å². The summed E-state index contributed by atoms with van der Waals surface area (Å²) in [5.41, 5.74) is 24.5. The number of allylic oxidation sites excluding steroid dienone is 3. The minimum Gasteiger partial charge on any atom is -0.311 e. The van der Waals surface area contributed by atoms with E-state index in [0.717, 1.165) is 6.42 Å². The molecule has 0 radical (unpaired) electrons. The van der Waals surface area contributed by atoms with Gasteiger partial charge in [-0.2, -0.15) is 0 Å². The molecule has 0 spiro atoms. The lowest BCUT2D eigenvalue weighted by Gasteiger charge is -2.63. The third-order valence-electron chi connectivity index (χ3n) is 17.9. The van der Waals surface area contributed by atoms with Crippen LogP contribution in [0.4, 0.5) is 28.4 Å². The van der Waals surface area contributed by atoms with Crippen LogP contribution in [0.15, 0.2) is 90.2 Å². The van der Waals surface area contributed by atoms with E-state index in [1.165, 1.54) is 108 Å². The van der Waals surface area contributed by atoms with Crippen molar-refractivity contribution >= 4 is 62.3 Å². The lowest BCUT2D eigenvalue weighted by Crippen LogP contribution is -2.64. The number of rotatable bonds is 1. The Hall–Kier alpha value is -4.50. The molecule has 3 aliphatic carbocycles. The normalized spacial score (nSPS) is 25.8. The van der Waals surface area contributed by atoms with Crippen molar-refractivity contribution in [2.24, 2.45) is 22.2 Å². The van der Waals surface area contributed by atoms with Gasteiger partial charge in [-0.15, -0.1) is 0 Å². The molecule has 1 saturated carbocycles. The minimum absolute atomic E-state index is 0.0456. The van der Waals surface area contributed by atoms with Crippen LogP contribution in [-0.4, -0.2) is 6.71 Å². The first-order chi connectivity index (χ1) is 28.5. The van der Waals surface area contributed by atoms with E-state index in [9.17, 15) is 0 Å². The Morgan fingerprint density at radius 2 is 1.31 bits per heavy atom. The Bertz CT molecular complexity index is 2850. The highest BCUT2D eigenvalue weighted by Gasteiger charge is 2.60. The molecule has 11 rings (SSSR count). The number of benzene rings is 5. The van der Waals surface area contributed by atoms with Gasteiger partial charge in [0, 0.05) is 33.9 Å². The van der Waals surface area contributed by atoms with Gasteiger partial charge in [-0.3, -0.25) is 0 Å². The summed E-state index contributed by atoms with van der Waals surface area (Å²) >= 11 is 0. The lowest BCUT2D eigenvalue weighted by atomic mass is 9.32. The molecule has 3 atom stereocenters. The maximum absolute atomic E-state index is 2.86. The molecule has 3 heterocycles. The van der Waals surface area contributed by atoms with Crippen molar-refractivity contribution in [3.8, 4) is 0 Å². The van der Waals surface area contributed by atoms with Gasteiger partial charge in [0.2, 0.25) is 0 Å². The zero-order valence-corrected chi connectivity index (χ0v) is 39.9. The standard InChI is InChI=1S/C58H67BN2/c1-33-16-17-37-18-21-43-49(39(37)26-33)59-42-20-19-40-48-52(42)61(46-28-34(2)27-45(50(46)59)60(43)51-35(3)29-38(30-36(51)4)53(5,6)7)44-31-47-55(10,11)22-24-56(12,13)58(47,15)32-41(44)57(48,14)25-23-54(40,8)9/h16-21,26-32,47H,22-25H2,1-15H3. The van der Waals surface area contributed by atoms with E-state index in [1.54, 1.807) is 16.7 Å². The first-order valence-corrected chi connectivity index (χ1v) is 23.5. The first kappa shape index (κ1) is 39.4. The Kier molecular flexibility index (Phi) is 7.71. The van der Waals surface area contributed by atoms with E-state index >= 15 is 0 Å². The summed E-state index contributed by atoms with van der Waals surface area (Å²) in [6.45, 7) is 37.0.